The van der Waals surface area contributed by atoms with E-state index in [4.69, 9.17) is 0 Å². The van der Waals surface area contributed by atoms with E-state index in [1.807, 2.05) is 24.3 Å². The summed E-state index contributed by atoms with van der Waals surface area (Å²) in [6.45, 7) is 9.78. The normalized spacial score (nSPS) is 15.3. The molecular weight excluding hydrogens is 613 g/mol. The smallest absolute Gasteiger partial charge is 0.406 e. The van der Waals surface area contributed by atoms with Crippen LogP contribution in [0.5, 0.6) is 5.75 Å². The number of hydrogen-bond donors (Lipinski definition) is 1. The maximum atomic E-state index is 13.0. The van der Waals surface area contributed by atoms with Gasteiger partial charge in [0, 0.05) is 36.0 Å². The Labute approximate surface area is 271 Å². The first-order valence-corrected chi connectivity index (χ1v) is 16.2. The van der Waals surface area contributed by atoms with Crippen molar-refractivity contribution in [3.05, 3.63) is 89.7 Å². The zero-order valence-corrected chi connectivity index (χ0v) is 27.0. The Morgan fingerprint density at radius 1 is 1.09 bits per heavy atom. The fraction of sp³-hybridized carbons (Fsp3) is 0.353. The summed E-state index contributed by atoms with van der Waals surface area (Å²) in [6.07, 6.45) is -1.41. The van der Waals surface area contributed by atoms with Crippen molar-refractivity contribution in [2.75, 3.05) is 23.7 Å². The van der Waals surface area contributed by atoms with Crippen LogP contribution in [0.4, 0.5) is 23.7 Å². The second-order valence-corrected chi connectivity index (χ2v) is 12.5. The first kappa shape index (κ1) is 33.1. The number of carbonyl (C=O) groups is 1. The van der Waals surface area contributed by atoms with Crippen molar-refractivity contribution in [3.63, 3.8) is 0 Å². The standard InChI is InChI=1S/C34H37F3N6O2S/c1-5-24(20-38-32(44)40-33-42(17-6-18-46-33)30-19-23(4)7-16-29(30)22(2)3)25-8-10-26(11-9-25)31-39-21-43(41-31)27-12-14-28(15-13-27)45-34(35,36)37/h7-16,19,21-22,24H,5-6,17-18,20H2,1-4H3,(H,38,44)/b40-33-. The molecule has 1 unspecified atom stereocenters. The molecule has 1 aliphatic heterocycles. The molecule has 1 aromatic heterocycles. The van der Waals surface area contributed by atoms with Crippen LogP contribution in [-0.2, 0) is 0 Å². The van der Waals surface area contributed by atoms with Crippen molar-refractivity contribution < 1.29 is 22.7 Å². The minimum absolute atomic E-state index is 0.0839. The zero-order valence-electron chi connectivity index (χ0n) is 26.2. The number of hydrogen-bond acceptors (Lipinski definition) is 5. The maximum Gasteiger partial charge on any atom is 0.573 e. The van der Waals surface area contributed by atoms with Gasteiger partial charge in [0.25, 0.3) is 0 Å². The second-order valence-electron chi connectivity index (χ2n) is 11.4. The SMILES string of the molecule is CCC(CNC(=O)/N=C1\SCCCN1c1cc(C)ccc1C(C)C)c1ccc(-c2ncn(-c3ccc(OC(F)(F)F)cc3)n2)cc1. The number of rotatable bonds is 9. The number of anilines is 1. The number of aromatic nitrogens is 3. The number of halogens is 3. The third kappa shape index (κ3) is 8.28. The number of nitrogens with zero attached hydrogens (tertiary/aromatic N) is 5. The summed E-state index contributed by atoms with van der Waals surface area (Å²) >= 11 is 1.61. The van der Waals surface area contributed by atoms with Gasteiger partial charge in [0.15, 0.2) is 11.0 Å². The number of amides is 2. The van der Waals surface area contributed by atoms with Gasteiger partial charge in [0.05, 0.1) is 5.69 Å². The summed E-state index contributed by atoms with van der Waals surface area (Å²) in [5.74, 6) is 1.52. The molecule has 1 N–H and O–H groups in total. The molecule has 2 amide bonds. The van der Waals surface area contributed by atoms with Crippen molar-refractivity contribution in [1.29, 1.82) is 0 Å². The van der Waals surface area contributed by atoms with Crippen molar-refractivity contribution >= 4 is 28.6 Å². The highest BCUT2D eigenvalue weighted by Gasteiger charge is 2.31. The predicted octanol–water partition coefficient (Wildman–Crippen LogP) is 8.47. The Hall–Kier alpha value is -4.32. The molecule has 5 rings (SSSR count). The molecular formula is C34H37F3N6O2S. The van der Waals surface area contributed by atoms with E-state index in [9.17, 15) is 18.0 Å². The van der Waals surface area contributed by atoms with Gasteiger partial charge in [-0.25, -0.2) is 14.5 Å². The largest absolute Gasteiger partial charge is 0.573 e. The van der Waals surface area contributed by atoms with Gasteiger partial charge in [0.2, 0.25) is 0 Å². The molecule has 0 aliphatic carbocycles. The first-order chi connectivity index (χ1) is 22.0. The van der Waals surface area contributed by atoms with Gasteiger partial charge in [-0.1, -0.05) is 68.9 Å². The highest BCUT2D eigenvalue weighted by Crippen LogP contribution is 2.33. The molecule has 0 saturated carbocycles. The zero-order chi connectivity index (χ0) is 32.8. The third-order valence-electron chi connectivity index (χ3n) is 7.74. The Bertz CT molecular complexity index is 1670. The van der Waals surface area contributed by atoms with Gasteiger partial charge in [-0.05, 0) is 72.7 Å². The number of urea groups is 1. The van der Waals surface area contributed by atoms with E-state index in [1.54, 1.807) is 11.8 Å². The maximum absolute atomic E-state index is 13.0. The molecule has 1 saturated heterocycles. The topological polar surface area (TPSA) is 84.6 Å². The van der Waals surface area contributed by atoms with E-state index in [0.29, 0.717) is 24.0 Å². The lowest BCUT2D eigenvalue weighted by Gasteiger charge is -2.32. The van der Waals surface area contributed by atoms with E-state index in [2.05, 4.69) is 75.9 Å². The molecule has 0 bridgehead atoms. The molecule has 0 spiro atoms. The van der Waals surface area contributed by atoms with Crippen molar-refractivity contribution in [2.45, 2.75) is 58.7 Å². The minimum atomic E-state index is -4.75. The molecule has 8 nitrogen and oxygen atoms in total. The average Bonchev–Trinajstić information content (AvgIpc) is 3.52. The van der Waals surface area contributed by atoms with Gasteiger partial charge in [-0.3, -0.25) is 0 Å². The van der Waals surface area contributed by atoms with Crippen LogP contribution >= 0.6 is 11.8 Å². The highest BCUT2D eigenvalue weighted by atomic mass is 32.2. The molecule has 0 radical (unpaired) electrons. The summed E-state index contributed by atoms with van der Waals surface area (Å²) in [7, 11) is 0. The van der Waals surface area contributed by atoms with Crippen molar-refractivity contribution in [2.24, 2.45) is 4.99 Å². The molecule has 4 aromatic rings. The lowest BCUT2D eigenvalue weighted by Crippen LogP contribution is -2.37. The number of carbonyl (C=O) groups excluding carboxylic acids is 1. The van der Waals surface area contributed by atoms with Crippen LogP contribution < -0.4 is 15.0 Å². The number of alkyl halides is 3. The van der Waals surface area contributed by atoms with Crippen LogP contribution in [0, 0.1) is 6.92 Å². The van der Waals surface area contributed by atoms with Crippen molar-refractivity contribution in [1.82, 2.24) is 20.1 Å². The van der Waals surface area contributed by atoms with Crippen LogP contribution in [0.1, 0.15) is 62.1 Å². The summed E-state index contributed by atoms with van der Waals surface area (Å²) in [5.41, 5.74) is 5.93. The Morgan fingerprint density at radius 3 is 2.50 bits per heavy atom. The molecule has 2 heterocycles. The average molecular weight is 651 g/mol. The van der Waals surface area contributed by atoms with E-state index in [1.165, 1.54) is 46.4 Å². The number of benzene rings is 3. The first-order valence-electron chi connectivity index (χ1n) is 15.3. The van der Waals surface area contributed by atoms with E-state index in [0.717, 1.165) is 47.1 Å². The van der Waals surface area contributed by atoms with Crippen LogP contribution in [-0.4, -0.2) is 51.2 Å². The minimum Gasteiger partial charge on any atom is -0.406 e. The predicted molar refractivity (Wildman–Crippen MR) is 177 cm³/mol. The number of thioether (sulfide) groups is 1. The Kier molecular flexibility index (Phi) is 10.4. The van der Waals surface area contributed by atoms with Crippen LogP contribution in [0.2, 0.25) is 0 Å². The fourth-order valence-electron chi connectivity index (χ4n) is 5.31. The number of amidine groups is 1. The van der Waals surface area contributed by atoms with Gasteiger partial charge in [-0.2, -0.15) is 4.99 Å². The molecule has 242 valence electrons. The van der Waals surface area contributed by atoms with Crippen molar-refractivity contribution in [3.8, 4) is 22.8 Å². The van der Waals surface area contributed by atoms with Gasteiger partial charge < -0.3 is 15.0 Å². The number of nitrogens with one attached hydrogen (secondary N) is 1. The van der Waals surface area contributed by atoms with E-state index < -0.39 is 6.36 Å². The monoisotopic (exact) mass is 650 g/mol. The molecule has 1 aliphatic rings. The lowest BCUT2D eigenvalue weighted by molar-refractivity contribution is -0.274. The summed E-state index contributed by atoms with van der Waals surface area (Å²) in [4.78, 5) is 24.1. The lowest BCUT2D eigenvalue weighted by atomic mass is 9.95. The Balaban J connectivity index is 1.22. The summed E-state index contributed by atoms with van der Waals surface area (Å²) < 4.78 is 42.8. The van der Waals surface area contributed by atoms with Gasteiger partial charge in [0.1, 0.15) is 12.1 Å². The molecule has 46 heavy (non-hydrogen) atoms. The van der Waals surface area contributed by atoms with E-state index >= 15 is 0 Å². The number of aryl methyl sites for hydroxylation is 1. The van der Waals surface area contributed by atoms with E-state index in [-0.39, 0.29) is 17.7 Å². The molecule has 3 aromatic carbocycles. The van der Waals surface area contributed by atoms with Crippen LogP contribution in [0.25, 0.3) is 17.1 Å². The van der Waals surface area contributed by atoms with Crippen LogP contribution in [0.15, 0.2) is 78.0 Å². The summed E-state index contributed by atoms with van der Waals surface area (Å²) in [6, 6.07) is 19.4. The fourth-order valence-corrected chi connectivity index (χ4v) is 6.26. The second kappa shape index (κ2) is 14.4. The number of aliphatic imine (C=N–C) groups is 1. The summed E-state index contributed by atoms with van der Waals surface area (Å²) in [5, 5.41) is 8.22. The van der Waals surface area contributed by atoms with Crippen LogP contribution in [0.3, 0.4) is 0 Å². The molecule has 12 heteroatoms. The highest BCUT2D eigenvalue weighted by molar-refractivity contribution is 8.14. The molecule has 1 fully saturated rings. The Morgan fingerprint density at radius 2 is 1.83 bits per heavy atom. The van der Waals surface area contributed by atoms with Gasteiger partial charge in [-0.15, -0.1) is 18.3 Å². The quantitative estimate of drug-likeness (QED) is 0.196. The molecule has 1 atom stereocenters. The van der Waals surface area contributed by atoms with Gasteiger partial charge >= 0.3 is 12.4 Å². The number of ether oxygens (including phenoxy) is 1. The third-order valence-corrected chi connectivity index (χ3v) is 8.81.